The average molecular weight is 390 g/mol. The number of hydrogen-bond acceptors (Lipinski definition) is 0. The molecule has 1 aliphatic rings. The smallest absolute Gasteiger partial charge is 1.00 e. The molecule has 0 unspecified atom stereocenters. The van der Waals surface area contributed by atoms with Crippen LogP contribution in [0.4, 0.5) is 0 Å². The van der Waals surface area contributed by atoms with Gasteiger partial charge >= 0.3 is 21.7 Å². The van der Waals surface area contributed by atoms with Gasteiger partial charge in [0.25, 0.3) is 0 Å². The first-order chi connectivity index (χ1) is 10.1. The van der Waals surface area contributed by atoms with Crippen molar-refractivity contribution in [1.82, 2.24) is 4.98 Å². The van der Waals surface area contributed by atoms with Crippen molar-refractivity contribution in [2.75, 3.05) is 0 Å². The fraction of sp³-hybridized carbons (Fsp3) is 0.100. The van der Waals surface area contributed by atoms with E-state index in [0.29, 0.717) is 0 Å². The van der Waals surface area contributed by atoms with Gasteiger partial charge in [-0.1, -0.05) is 44.2 Å². The van der Waals surface area contributed by atoms with Crippen LogP contribution >= 0.6 is 0 Å². The molecule has 1 nitrogen and oxygen atoms in total. The van der Waals surface area contributed by atoms with Crippen LogP contribution in [0.3, 0.4) is 0 Å². The van der Waals surface area contributed by atoms with Crippen LogP contribution in [0.15, 0.2) is 54.6 Å². The summed E-state index contributed by atoms with van der Waals surface area (Å²) in [5.41, 5.74) is 4.68. The van der Waals surface area contributed by atoms with Crippen LogP contribution in [-0.2, 0) is 21.7 Å². The van der Waals surface area contributed by atoms with Crippen LogP contribution in [0.2, 0.25) is 0 Å². The molecule has 0 radical (unpaired) electrons. The van der Waals surface area contributed by atoms with Crippen molar-refractivity contribution in [2.24, 2.45) is 0 Å². The third kappa shape index (κ3) is 4.88. The minimum Gasteiger partial charge on any atom is -1.00 e. The Bertz CT molecular complexity index is 905. The molecule has 0 bridgehead atoms. The van der Waals surface area contributed by atoms with Crippen molar-refractivity contribution in [3.63, 3.8) is 0 Å². The number of benzene rings is 2. The molecule has 0 spiro atoms. The van der Waals surface area contributed by atoms with Gasteiger partial charge in [-0.05, 0) is 0 Å². The number of aryl methyl sites for hydroxylation is 2. The van der Waals surface area contributed by atoms with Crippen molar-refractivity contribution < 1.29 is 46.5 Å². The van der Waals surface area contributed by atoms with E-state index in [1.54, 1.807) is 0 Å². The summed E-state index contributed by atoms with van der Waals surface area (Å²) in [6, 6.07) is 14.4. The minimum atomic E-state index is 0. The maximum absolute atomic E-state index is 3.80. The summed E-state index contributed by atoms with van der Waals surface area (Å²) in [6.45, 7) is 8.00. The van der Waals surface area contributed by atoms with Crippen LogP contribution in [0.5, 0.6) is 0 Å². The molecule has 1 aromatic heterocycles. The molecule has 0 aliphatic heterocycles. The summed E-state index contributed by atoms with van der Waals surface area (Å²) in [6.07, 6.45) is 8.28. The number of allylic oxidation sites excluding steroid dienone is 1. The number of nitrogens with one attached hydrogen (secondary N) is 1. The third-order valence-electron chi connectivity index (χ3n) is 3.62. The molecule has 0 saturated carbocycles. The molecule has 2 aromatic carbocycles. The topological polar surface area (TPSA) is 15.8 Å². The number of fused-ring (bicyclic) bond motifs is 2. The van der Waals surface area contributed by atoms with E-state index in [2.05, 4.69) is 61.9 Å². The minimum absolute atomic E-state index is 0. The zero-order chi connectivity index (χ0) is 14.8. The first-order valence-corrected chi connectivity index (χ1v) is 7.00. The maximum atomic E-state index is 3.80. The molecule has 1 heterocycles. The van der Waals surface area contributed by atoms with E-state index >= 15 is 0 Å². The Morgan fingerprint density at radius 1 is 0.958 bits per heavy atom. The third-order valence-corrected chi connectivity index (χ3v) is 3.62. The number of aromatic amines is 1. The van der Waals surface area contributed by atoms with Crippen LogP contribution in [0.1, 0.15) is 11.1 Å². The first-order valence-electron chi connectivity index (χ1n) is 7.00. The zero-order valence-electron chi connectivity index (χ0n) is 13.6. The van der Waals surface area contributed by atoms with Gasteiger partial charge in [0.15, 0.2) is 0 Å². The molecule has 1 aliphatic carbocycles. The molecule has 3 aromatic rings. The second-order valence-corrected chi connectivity index (χ2v) is 5.25. The molecule has 4 heteroatoms. The second-order valence-electron chi connectivity index (χ2n) is 5.25. The van der Waals surface area contributed by atoms with E-state index in [0.717, 1.165) is 10.8 Å². The fourth-order valence-electron chi connectivity index (χ4n) is 2.63. The maximum Gasteiger partial charge on any atom is 4.00 e. The van der Waals surface area contributed by atoms with E-state index in [9.17, 15) is 0 Å². The summed E-state index contributed by atoms with van der Waals surface area (Å²) in [4.78, 5) is 3.10. The predicted octanol–water partition coefficient (Wildman–Crippen LogP) is -2.72. The monoisotopic (exact) mass is 389 g/mol. The second kappa shape index (κ2) is 9.91. The molecule has 0 saturated heterocycles. The Morgan fingerprint density at radius 2 is 1.67 bits per heavy atom. The van der Waals surface area contributed by atoms with Crippen molar-refractivity contribution >= 4 is 23.1 Å². The molecular weight excluding hydrogens is 373 g/mol. The molecule has 0 fully saturated rings. The van der Waals surface area contributed by atoms with E-state index in [1.165, 1.54) is 27.2 Å². The van der Waals surface area contributed by atoms with Crippen LogP contribution in [-0.4, -0.2) is 4.98 Å². The van der Waals surface area contributed by atoms with Crippen molar-refractivity contribution in [3.05, 3.63) is 82.4 Å². The van der Waals surface area contributed by atoms with Gasteiger partial charge in [0.1, 0.15) is 0 Å². The van der Waals surface area contributed by atoms with Gasteiger partial charge in [0.2, 0.25) is 0 Å². The summed E-state index contributed by atoms with van der Waals surface area (Å²) in [5.74, 6) is 0. The molecule has 4 rings (SSSR count). The number of aromatic nitrogens is 1. The molecule has 0 amide bonds. The van der Waals surface area contributed by atoms with Gasteiger partial charge in [-0.2, -0.15) is 12.1 Å². The average Bonchev–Trinajstić information content (AvgIpc) is 3.02. The standard InChI is InChI=1S/C10H10N.C10H7.2ClH.Ti/c1-7-4-3-5-9-10(7)8(2)6-11-9;1-8-6-9-4-2-3-5-10(9)7-8;;;/h3-5,11H,1-2H3;2-6H,1H2;2*1H;/q2*-1;;;+4/p-2. The summed E-state index contributed by atoms with van der Waals surface area (Å²) in [5, 5.41) is 3.70. The molecule has 1 N–H and O–H groups in total. The van der Waals surface area contributed by atoms with Crippen molar-refractivity contribution in [3.8, 4) is 0 Å². The van der Waals surface area contributed by atoms with Gasteiger partial charge in [-0.3, -0.25) is 0 Å². The van der Waals surface area contributed by atoms with E-state index < -0.39 is 0 Å². The molecule has 0 atom stereocenters. The molecule has 24 heavy (non-hydrogen) atoms. The summed E-state index contributed by atoms with van der Waals surface area (Å²) < 4.78 is 0. The summed E-state index contributed by atoms with van der Waals surface area (Å²) in [7, 11) is 0. The number of H-pyrrole nitrogens is 1. The quantitative estimate of drug-likeness (QED) is 0.318. The van der Waals surface area contributed by atoms with E-state index in [4.69, 9.17) is 0 Å². The van der Waals surface area contributed by atoms with Crippen molar-refractivity contribution in [1.29, 1.82) is 0 Å². The van der Waals surface area contributed by atoms with Gasteiger partial charge in [0.05, 0.1) is 0 Å². The number of rotatable bonds is 0. The van der Waals surface area contributed by atoms with Crippen molar-refractivity contribution in [2.45, 2.75) is 13.8 Å². The SMILES string of the molecule is C=C1[C-]=c2ccccc2=C1.Cc1[c-][nH]c2cccc(C)c12.[Cl-].[Cl-].[Ti+4]. The normalized spacial score (nSPS) is 10.7. The van der Waals surface area contributed by atoms with E-state index in [-0.39, 0.29) is 46.5 Å². The Kier molecular flexibility index (Phi) is 9.39. The van der Waals surface area contributed by atoms with Crippen LogP contribution < -0.4 is 35.3 Å². The Hall–Kier alpha value is -1.25. The molecular formula is C20H17Cl2NTi. The predicted molar refractivity (Wildman–Crippen MR) is 89.3 cm³/mol. The largest absolute Gasteiger partial charge is 4.00 e. The number of hydrogen-bond donors (Lipinski definition) is 1. The molecule has 120 valence electrons. The fourth-order valence-corrected chi connectivity index (χ4v) is 2.63. The van der Waals surface area contributed by atoms with Crippen LogP contribution in [0, 0.1) is 20.0 Å². The van der Waals surface area contributed by atoms with Gasteiger partial charge < -0.3 is 29.8 Å². The zero-order valence-corrected chi connectivity index (χ0v) is 16.7. The first kappa shape index (κ1) is 22.8. The van der Waals surface area contributed by atoms with Gasteiger partial charge in [-0.15, -0.1) is 63.0 Å². The summed E-state index contributed by atoms with van der Waals surface area (Å²) >= 11 is 0. The van der Waals surface area contributed by atoms with Crippen LogP contribution in [0.25, 0.3) is 23.1 Å². The Labute approximate surface area is 170 Å². The van der Waals surface area contributed by atoms with Gasteiger partial charge in [-0.25, -0.2) is 0 Å². The Morgan fingerprint density at radius 3 is 2.33 bits per heavy atom. The Balaban J connectivity index is 0.000000393. The van der Waals surface area contributed by atoms with E-state index in [1.807, 2.05) is 24.3 Å². The number of halogens is 2. The van der Waals surface area contributed by atoms with Gasteiger partial charge in [0, 0.05) is 0 Å².